The Morgan fingerprint density at radius 2 is 1.81 bits per heavy atom. The second-order valence-electron chi connectivity index (χ2n) is 6.91. The molecule has 26 heavy (non-hydrogen) atoms. The number of hydrogen-bond donors (Lipinski definition) is 1. The third-order valence-electron chi connectivity index (χ3n) is 5.19. The van der Waals surface area contributed by atoms with Crippen molar-refractivity contribution in [2.75, 3.05) is 16.8 Å². The van der Waals surface area contributed by atoms with Crippen LogP contribution < -0.4 is 5.32 Å². The second kappa shape index (κ2) is 7.63. The van der Waals surface area contributed by atoms with Crippen LogP contribution in [0.15, 0.2) is 41.4 Å². The minimum Gasteiger partial charge on any atom is -0.343 e. The molecule has 2 heterocycles. The summed E-state index contributed by atoms with van der Waals surface area (Å²) in [4.78, 5) is 4.98. The van der Waals surface area contributed by atoms with Crippen LogP contribution in [0.4, 0.5) is 5.69 Å². The van der Waals surface area contributed by atoms with E-state index in [1.54, 1.807) is 0 Å². The third kappa shape index (κ3) is 3.73. The first kappa shape index (κ1) is 18.5. The normalized spacial score (nSPS) is 20.0. The largest absolute Gasteiger partial charge is 0.343 e. The average Bonchev–Trinajstić information content (AvgIpc) is 2.62. The maximum Gasteiger partial charge on any atom is 0.108 e. The molecule has 6 heteroatoms. The minimum absolute atomic E-state index is 0.0635. The maximum absolute atomic E-state index is 6.26. The molecular weight excluding hydrogens is 407 g/mol. The molecule has 0 aromatic heterocycles. The Bertz CT molecular complexity index is 860. The summed E-state index contributed by atoms with van der Waals surface area (Å²) in [6, 6.07) is 11.8. The topological polar surface area (TPSA) is 24.4 Å². The summed E-state index contributed by atoms with van der Waals surface area (Å²) in [7, 11) is 0. The summed E-state index contributed by atoms with van der Waals surface area (Å²) in [6.07, 6.45) is 3.21. The van der Waals surface area contributed by atoms with Gasteiger partial charge in [-0.25, -0.2) is 0 Å². The molecule has 2 aromatic carbocycles. The van der Waals surface area contributed by atoms with Crippen LogP contribution in [0.3, 0.4) is 0 Å². The molecule has 0 unspecified atom stereocenters. The fourth-order valence-corrected chi connectivity index (χ4v) is 5.58. The molecule has 136 valence electrons. The Hall–Kier alpha value is -0.870. The number of amidine groups is 1. The standard InChI is InChI=1S/C20H19Cl3N2S/c21-15-3-1-2-13(8-15)12-24-19-20(4-6-26-7-5-20)11-14-9-16(22)17(23)10-18(14)25-19/h1-3,8-10H,4-7,11-12H2,(H,24,25). The van der Waals surface area contributed by atoms with Gasteiger partial charge in [0.1, 0.15) is 5.84 Å². The lowest BCUT2D eigenvalue weighted by atomic mass is 9.73. The van der Waals surface area contributed by atoms with E-state index in [0.29, 0.717) is 16.6 Å². The number of aliphatic imine (C=N–C) groups is 1. The number of anilines is 1. The highest BCUT2D eigenvalue weighted by Gasteiger charge is 2.41. The maximum atomic E-state index is 6.26. The van der Waals surface area contributed by atoms with Gasteiger partial charge in [-0.1, -0.05) is 46.9 Å². The monoisotopic (exact) mass is 424 g/mol. The highest BCUT2D eigenvalue weighted by Crippen LogP contribution is 2.45. The Morgan fingerprint density at radius 3 is 2.58 bits per heavy atom. The first-order valence-electron chi connectivity index (χ1n) is 8.68. The van der Waals surface area contributed by atoms with Gasteiger partial charge in [-0.3, -0.25) is 4.99 Å². The lowest BCUT2D eigenvalue weighted by Crippen LogP contribution is -2.44. The van der Waals surface area contributed by atoms with Crippen molar-refractivity contribution >= 4 is 58.1 Å². The van der Waals surface area contributed by atoms with Gasteiger partial charge >= 0.3 is 0 Å². The SMILES string of the molecule is Clc1cccc(CN=C2Nc3cc(Cl)c(Cl)cc3CC23CCSCC3)c1. The van der Waals surface area contributed by atoms with E-state index in [1.165, 1.54) is 5.56 Å². The number of fused-ring (bicyclic) bond motifs is 1. The zero-order valence-corrected chi connectivity index (χ0v) is 17.3. The summed E-state index contributed by atoms with van der Waals surface area (Å²) < 4.78 is 0. The number of nitrogens with one attached hydrogen (secondary N) is 1. The van der Waals surface area contributed by atoms with E-state index in [9.17, 15) is 0 Å². The molecule has 1 fully saturated rings. The fraction of sp³-hybridized carbons (Fsp3) is 0.350. The summed E-state index contributed by atoms with van der Waals surface area (Å²) in [5, 5.41) is 5.51. The number of nitrogens with zero attached hydrogens (tertiary/aromatic N) is 1. The van der Waals surface area contributed by atoms with Crippen molar-refractivity contribution in [2.45, 2.75) is 25.8 Å². The molecule has 0 bridgehead atoms. The van der Waals surface area contributed by atoms with Crippen LogP contribution in [0, 0.1) is 5.41 Å². The molecule has 0 aliphatic carbocycles. The highest BCUT2D eigenvalue weighted by molar-refractivity contribution is 7.99. The molecule has 1 spiro atoms. The number of halogens is 3. The van der Waals surface area contributed by atoms with Crippen LogP contribution in [0.1, 0.15) is 24.0 Å². The summed E-state index contributed by atoms with van der Waals surface area (Å²) >= 11 is 20.6. The van der Waals surface area contributed by atoms with E-state index in [0.717, 1.165) is 52.9 Å². The molecule has 2 aromatic rings. The molecule has 0 atom stereocenters. The number of thioether (sulfide) groups is 1. The Kier molecular flexibility index (Phi) is 5.43. The van der Waals surface area contributed by atoms with Crippen LogP contribution in [0.25, 0.3) is 0 Å². The van der Waals surface area contributed by atoms with Gasteiger partial charge < -0.3 is 5.32 Å². The number of benzene rings is 2. The molecule has 0 saturated carbocycles. The van der Waals surface area contributed by atoms with E-state index in [2.05, 4.69) is 11.4 Å². The third-order valence-corrected chi connectivity index (χ3v) is 7.13. The zero-order chi connectivity index (χ0) is 18.1. The molecule has 0 radical (unpaired) electrons. The number of rotatable bonds is 2. The van der Waals surface area contributed by atoms with Crippen molar-refractivity contribution in [1.29, 1.82) is 0 Å². The Labute approximate surface area is 173 Å². The van der Waals surface area contributed by atoms with E-state index < -0.39 is 0 Å². The predicted octanol–water partition coefficient (Wildman–Crippen LogP) is 6.73. The quantitative estimate of drug-likeness (QED) is 0.577. The lowest BCUT2D eigenvalue weighted by Gasteiger charge is -2.42. The molecule has 2 nitrogen and oxygen atoms in total. The summed E-state index contributed by atoms with van der Waals surface area (Å²) in [5.41, 5.74) is 3.43. The van der Waals surface area contributed by atoms with Crippen LogP contribution in [0.2, 0.25) is 15.1 Å². The van der Waals surface area contributed by atoms with Crippen molar-refractivity contribution in [2.24, 2.45) is 10.4 Å². The molecule has 1 N–H and O–H groups in total. The molecule has 2 aliphatic heterocycles. The summed E-state index contributed by atoms with van der Waals surface area (Å²) in [6.45, 7) is 0.619. The van der Waals surface area contributed by atoms with Gasteiger partial charge in [0.15, 0.2) is 0 Å². The van der Waals surface area contributed by atoms with Crippen molar-refractivity contribution < 1.29 is 0 Å². The van der Waals surface area contributed by atoms with Crippen LogP contribution >= 0.6 is 46.6 Å². The Balaban J connectivity index is 1.70. The Morgan fingerprint density at radius 1 is 1.04 bits per heavy atom. The van der Waals surface area contributed by atoms with Gasteiger partial charge in [-0.15, -0.1) is 0 Å². The van der Waals surface area contributed by atoms with Crippen molar-refractivity contribution in [3.8, 4) is 0 Å². The van der Waals surface area contributed by atoms with E-state index >= 15 is 0 Å². The lowest BCUT2D eigenvalue weighted by molar-refractivity contribution is 0.377. The van der Waals surface area contributed by atoms with Gasteiger partial charge in [0, 0.05) is 16.1 Å². The van der Waals surface area contributed by atoms with Crippen LogP contribution in [-0.2, 0) is 13.0 Å². The fourth-order valence-electron chi connectivity index (χ4n) is 3.75. The van der Waals surface area contributed by atoms with Gasteiger partial charge in [-0.05, 0) is 66.2 Å². The highest BCUT2D eigenvalue weighted by atomic mass is 35.5. The van der Waals surface area contributed by atoms with Crippen molar-refractivity contribution in [3.05, 3.63) is 62.6 Å². The van der Waals surface area contributed by atoms with Gasteiger partial charge in [-0.2, -0.15) is 11.8 Å². The van der Waals surface area contributed by atoms with Gasteiger partial charge in [0.05, 0.1) is 16.6 Å². The molecule has 4 rings (SSSR count). The van der Waals surface area contributed by atoms with E-state index in [1.807, 2.05) is 42.1 Å². The van der Waals surface area contributed by atoms with Crippen LogP contribution in [0.5, 0.6) is 0 Å². The zero-order valence-electron chi connectivity index (χ0n) is 14.2. The minimum atomic E-state index is 0.0635. The molecule has 0 amide bonds. The average molecular weight is 426 g/mol. The molecule has 2 aliphatic rings. The molecular formula is C20H19Cl3N2S. The van der Waals surface area contributed by atoms with Gasteiger partial charge in [0.25, 0.3) is 0 Å². The first-order valence-corrected chi connectivity index (χ1v) is 11.0. The summed E-state index contributed by atoms with van der Waals surface area (Å²) in [5.74, 6) is 3.40. The van der Waals surface area contributed by atoms with Gasteiger partial charge in [0.2, 0.25) is 0 Å². The van der Waals surface area contributed by atoms with E-state index in [-0.39, 0.29) is 5.41 Å². The first-order chi connectivity index (χ1) is 12.6. The van der Waals surface area contributed by atoms with E-state index in [4.69, 9.17) is 39.8 Å². The van der Waals surface area contributed by atoms with Crippen molar-refractivity contribution in [3.63, 3.8) is 0 Å². The predicted molar refractivity (Wildman–Crippen MR) is 115 cm³/mol. The smallest absolute Gasteiger partial charge is 0.108 e. The van der Waals surface area contributed by atoms with Crippen LogP contribution in [-0.4, -0.2) is 17.3 Å². The van der Waals surface area contributed by atoms with Crippen molar-refractivity contribution in [1.82, 2.24) is 0 Å². The molecule has 1 saturated heterocycles. The number of hydrogen-bond acceptors (Lipinski definition) is 2. The second-order valence-corrected chi connectivity index (χ2v) is 9.39.